The van der Waals surface area contributed by atoms with Gasteiger partial charge in [0.2, 0.25) is 11.8 Å². The van der Waals surface area contributed by atoms with E-state index >= 15 is 0 Å². The third kappa shape index (κ3) is 15.7. The summed E-state index contributed by atoms with van der Waals surface area (Å²) in [5.74, 6) is -3.29. The molecule has 10 heteroatoms. The van der Waals surface area contributed by atoms with Crippen LogP contribution in [-0.2, 0) is 19.2 Å². The molecule has 0 saturated carbocycles. The second kappa shape index (κ2) is 13.9. The van der Waals surface area contributed by atoms with Gasteiger partial charge in [-0.15, -0.1) is 0 Å². The van der Waals surface area contributed by atoms with Crippen LogP contribution in [0.3, 0.4) is 0 Å². The highest BCUT2D eigenvalue weighted by molar-refractivity contribution is 5.94. The fourth-order valence-electron chi connectivity index (χ4n) is 1.39. The van der Waals surface area contributed by atoms with Gasteiger partial charge in [-0.3, -0.25) is 9.59 Å². The maximum absolute atomic E-state index is 11.1. The van der Waals surface area contributed by atoms with Gasteiger partial charge in [-0.05, 0) is 0 Å². The third-order valence-electron chi connectivity index (χ3n) is 2.44. The van der Waals surface area contributed by atoms with Crippen LogP contribution in [0, 0.1) is 0 Å². The molecule has 6 N–H and O–H groups in total. The van der Waals surface area contributed by atoms with E-state index in [9.17, 15) is 19.2 Å². The van der Waals surface area contributed by atoms with Gasteiger partial charge in [0.1, 0.15) is 0 Å². The van der Waals surface area contributed by atoms with E-state index in [0.717, 1.165) is 24.3 Å². The number of amides is 2. The highest BCUT2D eigenvalue weighted by Gasteiger charge is 1.97. The molecule has 0 aliphatic heterocycles. The van der Waals surface area contributed by atoms with E-state index in [1.165, 1.54) is 0 Å². The quantitative estimate of drug-likeness (QED) is 0.161. The van der Waals surface area contributed by atoms with E-state index in [0.29, 0.717) is 39.3 Å². The predicted octanol–water partition coefficient (Wildman–Crippen LogP) is -2.32. The molecule has 0 saturated heterocycles. The molecular formula is C14H22N4O6. The molecule has 0 unspecified atom stereocenters. The molecule has 0 radical (unpaired) electrons. The second-order valence-corrected chi connectivity index (χ2v) is 4.43. The van der Waals surface area contributed by atoms with E-state index in [2.05, 4.69) is 21.3 Å². The van der Waals surface area contributed by atoms with Crippen LogP contribution in [-0.4, -0.2) is 73.2 Å². The first kappa shape index (κ1) is 21.3. The maximum atomic E-state index is 11.1. The van der Waals surface area contributed by atoms with E-state index in [4.69, 9.17) is 10.2 Å². The topological polar surface area (TPSA) is 157 Å². The van der Waals surface area contributed by atoms with Crippen molar-refractivity contribution in [1.82, 2.24) is 21.3 Å². The van der Waals surface area contributed by atoms with Gasteiger partial charge < -0.3 is 31.5 Å². The molecule has 0 heterocycles. The second-order valence-electron chi connectivity index (χ2n) is 4.43. The Bertz CT molecular complexity index is 446. The Morgan fingerprint density at radius 3 is 1.25 bits per heavy atom. The monoisotopic (exact) mass is 342 g/mol. The van der Waals surface area contributed by atoms with Crippen LogP contribution in [0.25, 0.3) is 0 Å². The minimum atomic E-state index is -1.18. The molecule has 0 atom stereocenters. The van der Waals surface area contributed by atoms with E-state index in [1.807, 2.05) is 0 Å². The van der Waals surface area contributed by atoms with E-state index < -0.39 is 23.8 Å². The largest absolute Gasteiger partial charge is 0.478 e. The Morgan fingerprint density at radius 1 is 0.583 bits per heavy atom. The molecule has 0 aromatic carbocycles. The summed E-state index contributed by atoms with van der Waals surface area (Å²) in [6, 6.07) is 0. The number of hydrogen-bond acceptors (Lipinski definition) is 6. The van der Waals surface area contributed by atoms with Crippen molar-refractivity contribution < 1.29 is 29.4 Å². The summed E-state index contributed by atoms with van der Waals surface area (Å²) >= 11 is 0. The summed E-state index contributed by atoms with van der Waals surface area (Å²) in [5, 5.41) is 27.8. The van der Waals surface area contributed by atoms with E-state index in [-0.39, 0.29) is 0 Å². The smallest absolute Gasteiger partial charge is 0.328 e. The lowest BCUT2D eigenvalue weighted by atomic mass is 10.4. The average Bonchev–Trinajstić information content (AvgIpc) is 2.52. The fourth-order valence-corrected chi connectivity index (χ4v) is 1.39. The minimum absolute atomic E-state index is 0.370. The van der Waals surface area contributed by atoms with Crippen molar-refractivity contribution in [3.05, 3.63) is 24.3 Å². The molecule has 0 spiro atoms. The van der Waals surface area contributed by atoms with Crippen molar-refractivity contribution in [2.24, 2.45) is 0 Å². The SMILES string of the molecule is O=C(O)C=CC(=O)NCCNCCNCCNC(=O)C=CC(=O)O. The Kier molecular flexibility index (Phi) is 12.3. The van der Waals surface area contributed by atoms with Gasteiger partial charge in [0, 0.05) is 63.6 Å². The summed E-state index contributed by atoms with van der Waals surface area (Å²) in [6.07, 6.45) is 3.43. The average molecular weight is 342 g/mol. The van der Waals surface area contributed by atoms with Crippen molar-refractivity contribution in [3.63, 3.8) is 0 Å². The number of rotatable bonds is 13. The van der Waals surface area contributed by atoms with E-state index in [1.54, 1.807) is 0 Å². The van der Waals surface area contributed by atoms with Gasteiger partial charge in [-0.2, -0.15) is 0 Å². The molecule has 0 aromatic rings. The predicted molar refractivity (Wildman–Crippen MR) is 85.3 cm³/mol. The lowest BCUT2D eigenvalue weighted by Gasteiger charge is -2.07. The lowest BCUT2D eigenvalue weighted by molar-refractivity contribution is -0.132. The van der Waals surface area contributed by atoms with Crippen LogP contribution in [0.4, 0.5) is 0 Å². The number of carbonyl (C=O) groups is 4. The van der Waals surface area contributed by atoms with Crippen LogP contribution in [0.15, 0.2) is 24.3 Å². The molecule has 0 bridgehead atoms. The first-order valence-electron chi connectivity index (χ1n) is 7.21. The number of nitrogens with one attached hydrogen (secondary N) is 4. The van der Waals surface area contributed by atoms with Crippen molar-refractivity contribution in [1.29, 1.82) is 0 Å². The van der Waals surface area contributed by atoms with Gasteiger partial charge >= 0.3 is 11.9 Å². The summed E-state index contributed by atoms with van der Waals surface area (Å²) < 4.78 is 0. The zero-order chi connectivity index (χ0) is 18.2. The van der Waals surface area contributed by atoms with Crippen LogP contribution in [0.2, 0.25) is 0 Å². The van der Waals surface area contributed by atoms with Crippen molar-refractivity contribution >= 4 is 23.8 Å². The van der Waals surface area contributed by atoms with Gasteiger partial charge in [-0.25, -0.2) is 9.59 Å². The molecule has 0 aromatic heterocycles. The molecule has 2 amide bonds. The zero-order valence-electron chi connectivity index (χ0n) is 13.1. The van der Waals surface area contributed by atoms with Gasteiger partial charge in [0.05, 0.1) is 0 Å². The Hall–Kier alpha value is -2.72. The molecule has 24 heavy (non-hydrogen) atoms. The van der Waals surface area contributed by atoms with Crippen molar-refractivity contribution in [2.45, 2.75) is 0 Å². The number of carboxylic acids is 2. The number of aliphatic carboxylic acids is 2. The summed E-state index contributed by atoms with van der Waals surface area (Å²) in [5.41, 5.74) is 0. The van der Waals surface area contributed by atoms with Gasteiger partial charge in [0.15, 0.2) is 0 Å². The van der Waals surface area contributed by atoms with Crippen molar-refractivity contribution in [2.75, 3.05) is 39.3 Å². The maximum Gasteiger partial charge on any atom is 0.328 e. The first-order chi connectivity index (χ1) is 11.4. The summed E-state index contributed by atoms with van der Waals surface area (Å²) in [4.78, 5) is 42.6. The minimum Gasteiger partial charge on any atom is -0.478 e. The number of carboxylic acid groups (broad SMARTS) is 2. The Balaban J connectivity index is 3.40. The van der Waals surface area contributed by atoms with Crippen LogP contribution in [0.5, 0.6) is 0 Å². The molecule has 0 aliphatic rings. The molecule has 134 valence electrons. The first-order valence-corrected chi connectivity index (χ1v) is 7.21. The van der Waals surface area contributed by atoms with Crippen LogP contribution < -0.4 is 21.3 Å². The van der Waals surface area contributed by atoms with Gasteiger partial charge in [-0.1, -0.05) is 0 Å². The molecule has 0 rings (SSSR count). The highest BCUT2D eigenvalue weighted by atomic mass is 16.4. The zero-order valence-corrected chi connectivity index (χ0v) is 13.1. The molecule has 10 nitrogen and oxygen atoms in total. The fraction of sp³-hybridized carbons (Fsp3) is 0.429. The Morgan fingerprint density at radius 2 is 0.917 bits per heavy atom. The normalized spacial score (nSPS) is 10.8. The van der Waals surface area contributed by atoms with Crippen molar-refractivity contribution in [3.8, 4) is 0 Å². The van der Waals surface area contributed by atoms with Gasteiger partial charge in [0.25, 0.3) is 0 Å². The van der Waals surface area contributed by atoms with Crippen LogP contribution in [0.1, 0.15) is 0 Å². The number of carbonyl (C=O) groups excluding carboxylic acids is 2. The third-order valence-corrected chi connectivity index (χ3v) is 2.44. The molecule has 0 aliphatic carbocycles. The summed E-state index contributed by atoms with van der Waals surface area (Å²) in [6.45, 7) is 3.10. The standard InChI is InChI=1S/C14H22N4O6/c19-11(1-3-13(21)22)17-9-7-15-5-6-16-8-10-18-12(20)2-4-14(23)24/h1-4,15-16H,5-10H2,(H,17,19)(H,18,20)(H,21,22)(H,23,24). The lowest BCUT2D eigenvalue weighted by Crippen LogP contribution is -2.36. The summed E-state index contributed by atoms with van der Waals surface area (Å²) in [7, 11) is 0. The highest BCUT2D eigenvalue weighted by Crippen LogP contribution is 1.74. The molecular weight excluding hydrogens is 320 g/mol. The molecule has 0 fully saturated rings. The Labute approximate surface area is 139 Å². The number of hydrogen-bond donors (Lipinski definition) is 6. The van der Waals surface area contributed by atoms with Crippen LogP contribution >= 0.6 is 0 Å².